The Morgan fingerprint density at radius 2 is 1.62 bits per heavy atom. The van der Waals surface area contributed by atoms with Crippen LogP contribution in [0.2, 0.25) is 0 Å². The van der Waals surface area contributed by atoms with Crippen LogP contribution in [-0.4, -0.2) is 15.0 Å². The van der Waals surface area contributed by atoms with Gasteiger partial charge >= 0.3 is 0 Å². The summed E-state index contributed by atoms with van der Waals surface area (Å²) < 4.78 is 0. The molecule has 0 unspecified atom stereocenters. The Bertz CT molecular complexity index is 403. The summed E-state index contributed by atoms with van der Waals surface area (Å²) in [7, 11) is 0. The van der Waals surface area contributed by atoms with E-state index in [1.54, 1.807) is 24.7 Å². The van der Waals surface area contributed by atoms with Crippen LogP contribution in [0.1, 0.15) is 0 Å². The minimum Gasteiger partial charge on any atom is -0.252 e. The summed E-state index contributed by atoms with van der Waals surface area (Å²) in [6, 6.07) is 5.46. The van der Waals surface area contributed by atoms with Crippen molar-refractivity contribution in [2.24, 2.45) is 0 Å². The van der Waals surface area contributed by atoms with Crippen LogP contribution in [0, 0.1) is 0 Å². The van der Waals surface area contributed by atoms with Gasteiger partial charge in [0.05, 0.1) is 0 Å². The molecule has 2 aromatic heterocycles. The fourth-order valence-electron chi connectivity index (χ4n) is 0.990. The average molecular weight is 189 g/mol. The summed E-state index contributed by atoms with van der Waals surface area (Å²) >= 11 is 4.27. The Labute approximate surface area is 81.3 Å². The van der Waals surface area contributed by atoms with Crippen molar-refractivity contribution < 1.29 is 0 Å². The van der Waals surface area contributed by atoms with E-state index in [1.807, 2.05) is 12.1 Å². The molecule has 3 nitrogen and oxygen atoms in total. The van der Waals surface area contributed by atoms with Crippen LogP contribution < -0.4 is 0 Å². The number of hydrogen-bond donors (Lipinski definition) is 1. The molecular weight excluding hydrogens is 182 g/mol. The molecule has 0 aliphatic carbocycles. The van der Waals surface area contributed by atoms with Crippen LogP contribution in [0.5, 0.6) is 0 Å². The molecule has 0 saturated carbocycles. The van der Waals surface area contributed by atoms with Crippen LogP contribution >= 0.6 is 12.6 Å². The van der Waals surface area contributed by atoms with E-state index >= 15 is 0 Å². The molecule has 0 aromatic carbocycles. The number of pyridine rings is 1. The van der Waals surface area contributed by atoms with Gasteiger partial charge in [-0.15, -0.1) is 12.6 Å². The maximum atomic E-state index is 4.27. The summed E-state index contributed by atoms with van der Waals surface area (Å²) in [6.07, 6.45) is 5.07. The van der Waals surface area contributed by atoms with Crippen molar-refractivity contribution in [1.29, 1.82) is 0 Å². The molecule has 4 heteroatoms. The second kappa shape index (κ2) is 3.53. The molecule has 0 bridgehead atoms. The van der Waals surface area contributed by atoms with Gasteiger partial charge in [0.2, 0.25) is 0 Å². The number of thiol groups is 1. The molecule has 2 rings (SSSR count). The van der Waals surface area contributed by atoms with E-state index in [0.717, 1.165) is 4.90 Å². The molecule has 2 aromatic rings. The smallest absolute Gasteiger partial charge is 0.179 e. The third-order valence-electron chi connectivity index (χ3n) is 1.56. The van der Waals surface area contributed by atoms with Gasteiger partial charge in [0.15, 0.2) is 5.82 Å². The zero-order valence-electron chi connectivity index (χ0n) is 6.75. The van der Waals surface area contributed by atoms with E-state index in [-0.39, 0.29) is 0 Å². The Kier molecular flexibility index (Phi) is 2.23. The first-order chi connectivity index (χ1) is 6.38. The average Bonchev–Trinajstić information content (AvgIpc) is 2.20. The molecule has 0 spiro atoms. The van der Waals surface area contributed by atoms with Crippen LogP contribution in [-0.2, 0) is 0 Å². The van der Waals surface area contributed by atoms with Gasteiger partial charge in [0.1, 0.15) is 5.69 Å². The largest absolute Gasteiger partial charge is 0.252 e. The molecule has 0 amide bonds. The van der Waals surface area contributed by atoms with Gasteiger partial charge in [-0.05, 0) is 18.2 Å². The molecule has 0 radical (unpaired) electrons. The van der Waals surface area contributed by atoms with Crippen LogP contribution in [0.3, 0.4) is 0 Å². The molecule has 0 N–H and O–H groups in total. The minimum atomic E-state index is 0.605. The molecule has 2 heterocycles. The summed E-state index contributed by atoms with van der Waals surface area (Å²) in [5, 5.41) is 0. The van der Waals surface area contributed by atoms with Crippen LogP contribution in [0.25, 0.3) is 11.5 Å². The summed E-state index contributed by atoms with van der Waals surface area (Å²) in [5.41, 5.74) is 0.714. The Morgan fingerprint density at radius 3 is 2.31 bits per heavy atom. The summed E-state index contributed by atoms with van der Waals surface area (Å²) in [5.74, 6) is 0.605. The first kappa shape index (κ1) is 8.19. The lowest BCUT2D eigenvalue weighted by Gasteiger charge is -1.99. The number of nitrogens with zero attached hydrogens (tertiary/aromatic N) is 3. The second-order valence-electron chi connectivity index (χ2n) is 2.44. The zero-order chi connectivity index (χ0) is 9.10. The molecule has 13 heavy (non-hydrogen) atoms. The standard InChI is InChI=1S/C9H7N3S/c13-7-3-1-4-10-8(7)9-11-5-2-6-12-9/h1-6,13H. The highest BCUT2D eigenvalue weighted by molar-refractivity contribution is 7.80. The maximum Gasteiger partial charge on any atom is 0.179 e. The molecule has 0 aliphatic rings. The van der Waals surface area contributed by atoms with E-state index in [2.05, 4.69) is 27.6 Å². The van der Waals surface area contributed by atoms with E-state index in [0.29, 0.717) is 11.5 Å². The minimum absolute atomic E-state index is 0.605. The van der Waals surface area contributed by atoms with Crippen LogP contribution in [0.15, 0.2) is 41.7 Å². The van der Waals surface area contributed by atoms with Crippen molar-refractivity contribution in [1.82, 2.24) is 15.0 Å². The fourth-order valence-corrected chi connectivity index (χ4v) is 1.23. The van der Waals surface area contributed by atoms with Gasteiger partial charge in [0.25, 0.3) is 0 Å². The lowest BCUT2D eigenvalue weighted by atomic mass is 10.3. The van der Waals surface area contributed by atoms with Crippen molar-refractivity contribution >= 4 is 12.6 Å². The van der Waals surface area contributed by atoms with Gasteiger partial charge in [-0.3, -0.25) is 4.98 Å². The third kappa shape index (κ3) is 1.67. The molecule has 64 valence electrons. The van der Waals surface area contributed by atoms with E-state index in [9.17, 15) is 0 Å². The van der Waals surface area contributed by atoms with Gasteiger partial charge in [-0.2, -0.15) is 0 Å². The van der Waals surface area contributed by atoms with Crippen LogP contribution in [0.4, 0.5) is 0 Å². The van der Waals surface area contributed by atoms with Crippen molar-refractivity contribution in [3.8, 4) is 11.5 Å². The Hall–Kier alpha value is -1.42. The fraction of sp³-hybridized carbons (Fsp3) is 0. The molecule has 0 aliphatic heterocycles. The van der Waals surface area contributed by atoms with Crippen molar-refractivity contribution in [2.75, 3.05) is 0 Å². The van der Waals surface area contributed by atoms with Crippen molar-refractivity contribution in [2.45, 2.75) is 4.90 Å². The highest BCUT2D eigenvalue weighted by atomic mass is 32.1. The Morgan fingerprint density at radius 1 is 0.923 bits per heavy atom. The van der Waals surface area contributed by atoms with E-state index in [1.165, 1.54) is 0 Å². The predicted molar refractivity (Wildman–Crippen MR) is 52.5 cm³/mol. The van der Waals surface area contributed by atoms with Crippen molar-refractivity contribution in [3.63, 3.8) is 0 Å². The molecule has 0 atom stereocenters. The highest BCUT2D eigenvalue weighted by Crippen LogP contribution is 2.18. The van der Waals surface area contributed by atoms with E-state index in [4.69, 9.17) is 0 Å². The number of aromatic nitrogens is 3. The predicted octanol–water partition coefficient (Wildman–Crippen LogP) is 1.83. The van der Waals surface area contributed by atoms with Gasteiger partial charge in [-0.1, -0.05) is 0 Å². The molecular formula is C9H7N3S. The quantitative estimate of drug-likeness (QED) is 0.695. The van der Waals surface area contributed by atoms with Gasteiger partial charge < -0.3 is 0 Å². The Balaban J connectivity index is 2.54. The zero-order valence-corrected chi connectivity index (χ0v) is 7.65. The first-order valence-electron chi connectivity index (χ1n) is 3.79. The lowest BCUT2D eigenvalue weighted by molar-refractivity contribution is 1.11. The van der Waals surface area contributed by atoms with Crippen molar-refractivity contribution in [3.05, 3.63) is 36.8 Å². The monoisotopic (exact) mass is 189 g/mol. The molecule has 0 fully saturated rings. The second-order valence-corrected chi connectivity index (χ2v) is 2.93. The van der Waals surface area contributed by atoms with E-state index < -0.39 is 0 Å². The van der Waals surface area contributed by atoms with Gasteiger partial charge in [0, 0.05) is 23.5 Å². The summed E-state index contributed by atoms with van der Waals surface area (Å²) in [6.45, 7) is 0. The maximum absolute atomic E-state index is 4.27. The SMILES string of the molecule is Sc1cccnc1-c1ncccn1. The first-order valence-corrected chi connectivity index (χ1v) is 4.24. The van der Waals surface area contributed by atoms with Gasteiger partial charge in [-0.25, -0.2) is 9.97 Å². The number of hydrogen-bond acceptors (Lipinski definition) is 4. The third-order valence-corrected chi connectivity index (χ3v) is 1.92. The number of rotatable bonds is 1. The normalized spacial score (nSPS) is 9.92. The highest BCUT2D eigenvalue weighted by Gasteiger charge is 2.03. The summed E-state index contributed by atoms with van der Waals surface area (Å²) in [4.78, 5) is 13.1. The molecule has 0 saturated heterocycles. The topological polar surface area (TPSA) is 38.7 Å². The lowest BCUT2D eigenvalue weighted by Crippen LogP contribution is -1.90.